The van der Waals surface area contributed by atoms with Crippen LogP contribution in [0.15, 0.2) is 46.6 Å². The van der Waals surface area contributed by atoms with Crippen molar-refractivity contribution in [2.45, 2.75) is 12.8 Å². The number of aromatic nitrogens is 1. The first-order valence-corrected chi connectivity index (χ1v) is 6.37. The highest BCUT2D eigenvalue weighted by atomic mass is 16.4. The first-order chi connectivity index (χ1) is 10.1. The Hall–Kier alpha value is -2.83. The Labute approximate surface area is 120 Å². The SMILES string of the molecule is O=C(O)CCCN=Nc1ccc(-n2c(O)ccc2O)cc1. The molecule has 0 aliphatic carbocycles. The van der Waals surface area contributed by atoms with Crippen LogP contribution in [-0.4, -0.2) is 32.4 Å². The van der Waals surface area contributed by atoms with Gasteiger partial charge in [0.25, 0.3) is 0 Å². The van der Waals surface area contributed by atoms with Crippen molar-refractivity contribution >= 4 is 11.7 Å². The summed E-state index contributed by atoms with van der Waals surface area (Å²) in [5.41, 5.74) is 1.21. The first kappa shape index (κ1) is 14.6. The van der Waals surface area contributed by atoms with Crippen LogP contribution in [0.3, 0.4) is 0 Å². The number of carboxylic acid groups (broad SMARTS) is 1. The summed E-state index contributed by atoms with van der Waals surface area (Å²) in [5, 5.41) is 35.6. The fourth-order valence-electron chi connectivity index (χ4n) is 1.78. The number of azo groups is 1. The van der Waals surface area contributed by atoms with Crippen LogP contribution in [0.4, 0.5) is 5.69 Å². The zero-order valence-electron chi connectivity index (χ0n) is 11.2. The zero-order valence-corrected chi connectivity index (χ0v) is 11.2. The monoisotopic (exact) mass is 289 g/mol. The van der Waals surface area contributed by atoms with Gasteiger partial charge in [0.15, 0.2) is 11.8 Å². The molecule has 0 atom stereocenters. The molecule has 1 aromatic carbocycles. The van der Waals surface area contributed by atoms with E-state index in [1.807, 2.05) is 0 Å². The number of carboxylic acids is 1. The second-order valence-electron chi connectivity index (χ2n) is 4.36. The molecular weight excluding hydrogens is 274 g/mol. The second kappa shape index (κ2) is 6.56. The highest BCUT2D eigenvalue weighted by Gasteiger charge is 2.07. The molecule has 0 saturated carbocycles. The minimum atomic E-state index is -0.846. The number of carbonyl (C=O) groups is 1. The van der Waals surface area contributed by atoms with Crippen molar-refractivity contribution in [3.8, 4) is 17.4 Å². The maximum atomic E-state index is 10.3. The fourth-order valence-corrected chi connectivity index (χ4v) is 1.78. The molecule has 1 heterocycles. The molecule has 0 amide bonds. The number of aromatic hydroxyl groups is 2. The van der Waals surface area contributed by atoms with Gasteiger partial charge in [-0.3, -0.25) is 9.36 Å². The van der Waals surface area contributed by atoms with Gasteiger partial charge in [-0.1, -0.05) is 0 Å². The predicted octanol–water partition coefficient (Wildman–Crippen LogP) is 2.84. The van der Waals surface area contributed by atoms with Crippen LogP contribution < -0.4 is 0 Å². The molecular formula is C14H15N3O4. The molecule has 0 aliphatic rings. The van der Waals surface area contributed by atoms with Crippen molar-refractivity contribution in [1.29, 1.82) is 0 Å². The van der Waals surface area contributed by atoms with Gasteiger partial charge in [0.2, 0.25) is 0 Å². The molecule has 2 aromatic rings. The van der Waals surface area contributed by atoms with Crippen LogP contribution in [0.5, 0.6) is 11.8 Å². The molecule has 110 valence electrons. The lowest BCUT2D eigenvalue weighted by atomic mass is 10.3. The van der Waals surface area contributed by atoms with Gasteiger partial charge in [0.1, 0.15) is 0 Å². The van der Waals surface area contributed by atoms with Crippen molar-refractivity contribution in [2.75, 3.05) is 6.54 Å². The third-order valence-electron chi connectivity index (χ3n) is 2.78. The maximum Gasteiger partial charge on any atom is 0.303 e. The van der Waals surface area contributed by atoms with Crippen molar-refractivity contribution in [2.24, 2.45) is 10.2 Å². The first-order valence-electron chi connectivity index (χ1n) is 6.37. The minimum Gasteiger partial charge on any atom is -0.494 e. The Kier molecular flexibility index (Phi) is 4.55. The number of rotatable bonds is 6. The van der Waals surface area contributed by atoms with Gasteiger partial charge in [-0.05, 0) is 30.7 Å². The van der Waals surface area contributed by atoms with Gasteiger partial charge in [0, 0.05) is 18.6 Å². The summed E-state index contributed by atoms with van der Waals surface area (Å²) in [5.74, 6) is -0.966. The minimum absolute atomic E-state index is 0.0597. The summed E-state index contributed by atoms with van der Waals surface area (Å²) in [6, 6.07) is 9.54. The van der Waals surface area contributed by atoms with Crippen molar-refractivity contribution < 1.29 is 20.1 Å². The van der Waals surface area contributed by atoms with Gasteiger partial charge in [-0.2, -0.15) is 10.2 Å². The largest absolute Gasteiger partial charge is 0.494 e. The van der Waals surface area contributed by atoms with E-state index in [-0.39, 0.29) is 18.2 Å². The van der Waals surface area contributed by atoms with Gasteiger partial charge in [-0.25, -0.2) is 0 Å². The molecule has 2 rings (SSSR count). The van der Waals surface area contributed by atoms with Crippen LogP contribution in [0.25, 0.3) is 5.69 Å². The molecule has 0 saturated heterocycles. The lowest BCUT2D eigenvalue weighted by Gasteiger charge is -2.06. The number of hydrogen-bond acceptors (Lipinski definition) is 5. The quantitative estimate of drug-likeness (QED) is 0.561. The van der Waals surface area contributed by atoms with Crippen LogP contribution in [-0.2, 0) is 4.79 Å². The van der Waals surface area contributed by atoms with E-state index >= 15 is 0 Å². The Balaban J connectivity index is 1.99. The molecule has 0 spiro atoms. The average molecular weight is 289 g/mol. The third kappa shape index (κ3) is 3.82. The Bertz CT molecular complexity index is 627. The summed E-state index contributed by atoms with van der Waals surface area (Å²) < 4.78 is 1.29. The standard InChI is InChI=1S/C14H15N3O4/c18-12-7-8-13(19)17(12)11-5-3-10(4-6-11)16-15-9-1-2-14(20)21/h3-8,18-19H,1-2,9H2,(H,20,21). The molecule has 0 unspecified atom stereocenters. The van der Waals surface area contributed by atoms with Gasteiger partial charge < -0.3 is 15.3 Å². The average Bonchev–Trinajstić information content (AvgIpc) is 2.78. The van der Waals surface area contributed by atoms with E-state index in [2.05, 4.69) is 10.2 Å². The topological polar surface area (TPSA) is 107 Å². The molecule has 0 radical (unpaired) electrons. The smallest absolute Gasteiger partial charge is 0.303 e. The maximum absolute atomic E-state index is 10.3. The van der Waals surface area contributed by atoms with E-state index in [1.54, 1.807) is 24.3 Å². The predicted molar refractivity (Wildman–Crippen MR) is 75.4 cm³/mol. The van der Waals surface area contributed by atoms with Gasteiger partial charge >= 0.3 is 5.97 Å². The van der Waals surface area contributed by atoms with E-state index in [0.29, 0.717) is 24.3 Å². The number of hydrogen-bond donors (Lipinski definition) is 3. The van der Waals surface area contributed by atoms with E-state index in [0.717, 1.165) is 0 Å². The molecule has 3 N–H and O–H groups in total. The van der Waals surface area contributed by atoms with Crippen LogP contribution in [0, 0.1) is 0 Å². The molecule has 1 aromatic heterocycles. The summed E-state index contributed by atoms with van der Waals surface area (Å²) in [4.78, 5) is 10.3. The number of aliphatic carboxylic acids is 1. The van der Waals surface area contributed by atoms with Crippen LogP contribution in [0.2, 0.25) is 0 Å². The molecule has 0 bridgehead atoms. The van der Waals surface area contributed by atoms with E-state index < -0.39 is 5.97 Å². The molecule has 21 heavy (non-hydrogen) atoms. The lowest BCUT2D eigenvalue weighted by molar-refractivity contribution is -0.137. The van der Waals surface area contributed by atoms with Crippen molar-refractivity contribution in [3.63, 3.8) is 0 Å². The third-order valence-corrected chi connectivity index (χ3v) is 2.78. The molecule has 0 aliphatic heterocycles. The summed E-state index contributed by atoms with van der Waals surface area (Å²) >= 11 is 0. The van der Waals surface area contributed by atoms with E-state index in [1.165, 1.54) is 16.7 Å². The Morgan fingerprint density at radius 2 is 1.67 bits per heavy atom. The van der Waals surface area contributed by atoms with Gasteiger partial charge in [0.05, 0.1) is 17.9 Å². The summed E-state index contributed by atoms with van der Waals surface area (Å²) in [6.07, 6.45) is 0.520. The molecule has 0 fully saturated rings. The number of benzene rings is 1. The zero-order chi connectivity index (χ0) is 15.2. The summed E-state index contributed by atoms with van der Waals surface area (Å²) in [6.45, 7) is 0.354. The molecule has 7 heteroatoms. The molecule has 7 nitrogen and oxygen atoms in total. The van der Waals surface area contributed by atoms with E-state index in [9.17, 15) is 15.0 Å². The van der Waals surface area contributed by atoms with Crippen molar-refractivity contribution in [3.05, 3.63) is 36.4 Å². The summed E-state index contributed by atoms with van der Waals surface area (Å²) in [7, 11) is 0. The highest BCUT2D eigenvalue weighted by Crippen LogP contribution is 2.27. The Morgan fingerprint density at radius 1 is 1.05 bits per heavy atom. The lowest BCUT2D eigenvalue weighted by Crippen LogP contribution is -1.94. The fraction of sp³-hybridized carbons (Fsp3) is 0.214. The van der Waals surface area contributed by atoms with Crippen LogP contribution in [0.1, 0.15) is 12.8 Å². The normalized spacial score (nSPS) is 11.0. The Morgan fingerprint density at radius 3 is 2.24 bits per heavy atom. The van der Waals surface area contributed by atoms with Crippen LogP contribution >= 0.6 is 0 Å². The van der Waals surface area contributed by atoms with E-state index in [4.69, 9.17) is 5.11 Å². The highest BCUT2D eigenvalue weighted by molar-refractivity contribution is 5.66. The second-order valence-corrected chi connectivity index (χ2v) is 4.36. The van der Waals surface area contributed by atoms with Gasteiger partial charge in [-0.15, -0.1) is 0 Å². The number of nitrogens with zero attached hydrogens (tertiary/aromatic N) is 3. The van der Waals surface area contributed by atoms with Crippen molar-refractivity contribution in [1.82, 2.24) is 4.57 Å².